The first kappa shape index (κ1) is 16.0. The fourth-order valence-electron chi connectivity index (χ4n) is 3.88. The number of hydrogen-bond acceptors (Lipinski definition) is 3. The lowest BCUT2D eigenvalue weighted by Gasteiger charge is -2.32. The highest BCUT2D eigenvalue weighted by Crippen LogP contribution is 2.36. The number of rotatable bonds is 8. The summed E-state index contributed by atoms with van der Waals surface area (Å²) in [5.74, 6) is 0.718. The predicted molar refractivity (Wildman–Crippen MR) is 90.7 cm³/mol. The average Bonchev–Trinajstić information content (AvgIpc) is 3.29. The molecular weight excluding hydrogens is 272 g/mol. The summed E-state index contributed by atoms with van der Waals surface area (Å²) in [6.07, 6.45) is 6.49. The summed E-state index contributed by atoms with van der Waals surface area (Å²) in [7, 11) is 2.25. The Morgan fingerprint density at radius 2 is 2.00 bits per heavy atom. The molecule has 0 bridgehead atoms. The van der Waals surface area contributed by atoms with Gasteiger partial charge in [-0.15, -0.1) is 0 Å². The number of nitrogens with zero attached hydrogens (tertiary/aromatic N) is 2. The van der Waals surface area contributed by atoms with Crippen molar-refractivity contribution in [2.24, 2.45) is 5.92 Å². The highest BCUT2D eigenvalue weighted by Gasteiger charge is 2.35. The quantitative estimate of drug-likeness (QED) is 0.800. The molecule has 1 aromatic carbocycles. The standard InChI is InChI=1S/C19H30N2O/c1-20-12-5-8-18(20)11-13-21(19(15-22)17-9-10-17)14-16-6-3-2-4-7-16/h2-4,6-7,17-19,22H,5,8-15H2,1H3. The highest BCUT2D eigenvalue weighted by atomic mass is 16.3. The number of likely N-dealkylation sites (tertiary alicyclic amines) is 1. The molecule has 0 aromatic heterocycles. The molecule has 2 aliphatic rings. The summed E-state index contributed by atoms with van der Waals surface area (Å²) < 4.78 is 0. The third-order valence-corrected chi connectivity index (χ3v) is 5.47. The molecule has 1 heterocycles. The number of aliphatic hydroxyl groups excluding tert-OH is 1. The summed E-state index contributed by atoms with van der Waals surface area (Å²) >= 11 is 0. The van der Waals surface area contributed by atoms with Gasteiger partial charge in [0.2, 0.25) is 0 Å². The van der Waals surface area contributed by atoms with Crippen molar-refractivity contribution < 1.29 is 5.11 Å². The van der Waals surface area contributed by atoms with E-state index in [-0.39, 0.29) is 0 Å². The Bertz CT molecular complexity index is 446. The van der Waals surface area contributed by atoms with Gasteiger partial charge >= 0.3 is 0 Å². The van der Waals surface area contributed by atoms with Crippen LogP contribution < -0.4 is 0 Å². The van der Waals surface area contributed by atoms with Crippen molar-refractivity contribution >= 4 is 0 Å². The molecule has 2 unspecified atom stereocenters. The number of hydrogen-bond donors (Lipinski definition) is 1. The Hall–Kier alpha value is -0.900. The van der Waals surface area contributed by atoms with Crippen molar-refractivity contribution in [3.05, 3.63) is 35.9 Å². The molecule has 0 radical (unpaired) electrons. The van der Waals surface area contributed by atoms with Gasteiger partial charge in [0.1, 0.15) is 0 Å². The Morgan fingerprint density at radius 1 is 1.23 bits per heavy atom. The first-order valence-electron chi connectivity index (χ1n) is 8.87. The second kappa shape index (κ2) is 7.58. The maximum Gasteiger partial charge on any atom is 0.0589 e. The van der Waals surface area contributed by atoms with Crippen LogP contribution in [0, 0.1) is 5.92 Å². The van der Waals surface area contributed by atoms with Crippen molar-refractivity contribution in [1.29, 1.82) is 0 Å². The van der Waals surface area contributed by atoms with Crippen LogP contribution in [0.1, 0.15) is 37.7 Å². The van der Waals surface area contributed by atoms with Gasteiger partial charge in [-0.05, 0) is 57.2 Å². The summed E-state index contributed by atoms with van der Waals surface area (Å²) in [4.78, 5) is 5.05. The molecular formula is C19H30N2O. The van der Waals surface area contributed by atoms with Crippen molar-refractivity contribution in [2.45, 2.75) is 50.7 Å². The fourth-order valence-corrected chi connectivity index (χ4v) is 3.88. The van der Waals surface area contributed by atoms with E-state index in [4.69, 9.17) is 0 Å². The van der Waals surface area contributed by atoms with Crippen molar-refractivity contribution in [3.63, 3.8) is 0 Å². The SMILES string of the molecule is CN1CCCC1CCN(Cc1ccccc1)C(CO)C1CC1. The van der Waals surface area contributed by atoms with Crippen molar-refractivity contribution in [3.8, 4) is 0 Å². The molecule has 1 aliphatic heterocycles. The van der Waals surface area contributed by atoms with Crippen LogP contribution in [-0.4, -0.2) is 53.7 Å². The van der Waals surface area contributed by atoms with Crippen LogP contribution in [0.25, 0.3) is 0 Å². The van der Waals surface area contributed by atoms with E-state index in [0.717, 1.165) is 25.0 Å². The molecule has 3 rings (SSSR count). The first-order chi connectivity index (χ1) is 10.8. The van der Waals surface area contributed by atoms with E-state index < -0.39 is 0 Å². The van der Waals surface area contributed by atoms with E-state index in [9.17, 15) is 5.11 Å². The van der Waals surface area contributed by atoms with E-state index in [1.54, 1.807) is 0 Å². The molecule has 3 heteroatoms. The molecule has 0 spiro atoms. The van der Waals surface area contributed by atoms with Gasteiger partial charge in [-0.3, -0.25) is 4.90 Å². The average molecular weight is 302 g/mol. The lowest BCUT2D eigenvalue weighted by atomic mass is 10.1. The maximum absolute atomic E-state index is 9.88. The second-order valence-electron chi connectivity index (χ2n) is 7.11. The Balaban J connectivity index is 1.62. The molecule has 1 N–H and O–H groups in total. The van der Waals surface area contributed by atoms with Gasteiger partial charge in [0.15, 0.2) is 0 Å². The zero-order valence-corrected chi connectivity index (χ0v) is 13.8. The summed E-state index contributed by atoms with van der Waals surface area (Å²) in [6, 6.07) is 11.8. The van der Waals surface area contributed by atoms with Crippen LogP contribution in [-0.2, 0) is 6.54 Å². The summed E-state index contributed by atoms with van der Waals surface area (Å²) in [5, 5.41) is 9.88. The first-order valence-corrected chi connectivity index (χ1v) is 8.87. The molecule has 3 nitrogen and oxygen atoms in total. The van der Waals surface area contributed by atoms with E-state index in [1.165, 1.54) is 44.2 Å². The van der Waals surface area contributed by atoms with E-state index in [1.807, 2.05) is 0 Å². The zero-order valence-electron chi connectivity index (χ0n) is 13.8. The molecule has 0 amide bonds. The van der Waals surface area contributed by atoms with Crippen LogP contribution in [0.4, 0.5) is 0 Å². The Labute approximate surface area is 134 Å². The van der Waals surface area contributed by atoms with E-state index in [2.05, 4.69) is 47.2 Å². The molecule has 1 aromatic rings. The largest absolute Gasteiger partial charge is 0.395 e. The van der Waals surface area contributed by atoms with Gasteiger partial charge in [0.25, 0.3) is 0 Å². The van der Waals surface area contributed by atoms with E-state index >= 15 is 0 Å². The summed E-state index contributed by atoms with van der Waals surface area (Å²) in [6.45, 7) is 3.62. The minimum absolute atomic E-state index is 0.304. The number of aliphatic hydroxyl groups is 1. The lowest BCUT2D eigenvalue weighted by Crippen LogP contribution is -2.41. The van der Waals surface area contributed by atoms with Gasteiger partial charge in [-0.25, -0.2) is 0 Å². The maximum atomic E-state index is 9.88. The molecule has 1 saturated carbocycles. The topological polar surface area (TPSA) is 26.7 Å². The fraction of sp³-hybridized carbons (Fsp3) is 0.684. The van der Waals surface area contributed by atoms with Gasteiger partial charge < -0.3 is 10.0 Å². The van der Waals surface area contributed by atoms with Gasteiger partial charge in [0, 0.05) is 25.2 Å². The molecule has 2 atom stereocenters. The molecule has 22 heavy (non-hydrogen) atoms. The minimum Gasteiger partial charge on any atom is -0.395 e. The predicted octanol–water partition coefficient (Wildman–Crippen LogP) is 2.74. The van der Waals surface area contributed by atoms with Crippen LogP contribution in [0.5, 0.6) is 0 Å². The van der Waals surface area contributed by atoms with Gasteiger partial charge in [0.05, 0.1) is 6.61 Å². The van der Waals surface area contributed by atoms with Gasteiger partial charge in [-0.2, -0.15) is 0 Å². The molecule has 2 fully saturated rings. The normalized spacial score (nSPS) is 24.0. The zero-order chi connectivity index (χ0) is 15.4. The van der Waals surface area contributed by atoms with E-state index in [0.29, 0.717) is 12.6 Å². The van der Waals surface area contributed by atoms with Crippen LogP contribution >= 0.6 is 0 Å². The van der Waals surface area contributed by atoms with Crippen LogP contribution in [0.2, 0.25) is 0 Å². The van der Waals surface area contributed by atoms with Crippen molar-refractivity contribution in [1.82, 2.24) is 9.80 Å². The monoisotopic (exact) mass is 302 g/mol. The third kappa shape index (κ3) is 4.09. The summed E-state index contributed by atoms with van der Waals surface area (Å²) in [5.41, 5.74) is 1.36. The van der Waals surface area contributed by atoms with Crippen LogP contribution in [0.3, 0.4) is 0 Å². The molecule has 122 valence electrons. The highest BCUT2D eigenvalue weighted by molar-refractivity contribution is 5.14. The Morgan fingerprint density at radius 3 is 2.59 bits per heavy atom. The molecule has 1 aliphatic carbocycles. The van der Waals surface area contributed by atoms with Gasteiger partial charge in [-0.1, -0.05) is 30.3 Å². The van der Waals surface area contributed by atoms with Crippen LogP contribution in [0.15, 0.2) is 30.3 Å². The number of benzene rings is 1. The second-order valence-corrected chi connectivity index (χ2v) is 7.11. The lowest BCUT2D eigenvalue weighted by molar-refractivity contribution is 0.0926. The smallest absolute Gasteiger partial charge is 0.0589 e. The minimum atomic E-state index is 0.304. The third-order valence-electron chi connectivity index (χ3n) is 5.47. The van der Waals surface area contributed by atoms with Crippen molar-refractivity contribution in [2.75, 3.05) is 26.7 Å². The Kier molecular flexibility index (Phi) is 5.51. The molecule has 1 saturated heterocycles.